The number of nitrogens with zero attached hydrogens (tertiary/aromatic N) is 3. The second-order valence-electron chi connectivity index (χ2n) is 6.94. The lowest BCUT2D eigenvalue weighted by Gasteiger charge is -2.30. The SMILES string of the molecule is CN=C(NCCCN(C(C)C)C(C)C)NCC1CCCN1C.I. The number of hydrogen-bond donors (Lipinski definition) is 2. The van der Waals surface area contributed by atoms with Crippen LogP contribution in [-0.2, 0) is 0 Å². The Kier molecular flexibility index (Phi) is 12.3. The lowest BCUT2D eigenvalue weighted by atomic mass is 10.2. The van der Waals surface area contributed by atoms with Gasteiger partial charge >= 0.3 is 0 Å². The van der Waals surface area contributed by atoms with Crippen LogP contribution in [0.15, 0.2) is 4.99 Å². The van der Waals surface area contributed by atoms with E-state index in [1.807, 2.05) is 7.05 Å². The van der Waals surface area contributed by atoms with Crippen molar-refractivity contribution in [2.45, 2.75) is 65.1 Å². The van der Waals surface area contributed by atoms with Gasteiger partial charge in [-0.3, -0.25) is 9.89 Å². The summed E-state index contributed by atoms with van der Waals surface area (Å²) in [6.45, 7) is 13.4. The summed E-state index contributed by atoms with van der Waals surface area (Å²) in [5.41, 5.74) is 0. The summed E-state index contributed by atoms with van der Waals surface area (Å²) in [5, 5.41) is 6.89. The maximum Gasteiger partial charge on any atom is 0.191 e. The lowest BCUT2D eigenvalue weighted by molar-refractivity contribution is 0.173. The summed E-state index contributed by atoms with van der Waals surface area (Å²) >= 11 is 0. The summed E-state index contributed by atoms with van der Waals surface area (Å²) in [5.74, 6) is 0.931. The van der Waals surface area contributed by atoms with Crippen molar-refractivity contribution in [1.29, 1.82) is 0 Å². The molecule has 0 bridgehead atoms. The largest absolute Gasteiger partial charge is 0.356 e. The summed E-state index contributed by atoms with van der Waals surface area (Å²) in [6.07, 6.45) is 3.74. The molecule has 2 N–H and O–H groups in total. The fourth-order valence-electron chi connectivity index (χ4n) is 3.25. The zero-order valence-corrected chi connectivity index (χ0v) is 18.3. The number of guanidine groups is 1. The Hall–Kier alpha value is -0.0800. The number of aliphatic imine (C=N–C) groups is 1. The molecule has 0 aromatic carbocycles. The zero-order valence-electron chi connectivity index (χ0n) is 15.9. The van der Waals surface area contributed by atoms with Crippen molar-refractivity contribution in [3.8, 4) is 0 Å². The Morgan fingerprint density at radius 3 is 2.35 bits per heavy atom. The molecule has 1 rings (SSSR count). The maximum absolute atomic E-state index is 4.32. The van der Waals surface area contributed by atoms with Gasteiger partial charge < -0.3 is 15.5 Å². The maximum atomic E-state index is 4.32. The van der Waals surface area contributed by atoms with E-state index in [2.05, 4.69) is 60.2 Å². The number of hydrogen-bond acceptors (Lipinski definition) is 3. The molecule has 1 fully saturated rings. The van der Waals surface area contributed by atoms with E-state index >= 15 is 0 Å². The molecule has 0 amide bonds. The van der Waals surface area contributed by atoms with Gasteiger partial charge in [-0.05, 0) is 60.5 Å². The number of likely N-dealkylation sites (N-methyl/N-ethyl adjacent to an activating group) is 1. The van der Waals surface area contributed by atoms with Gasteiger partial charge in [0.15, 0.2) is 5.96 Å². The fraction of sp³-hybridized carbons (Fsp3) is 0.941. The van der Waals surface area contributed by atoms with Gasteiger partial charge in [0.05, 0.1) is 0 Å². The van der Waals surface area contributed by atoms with Crippen LogP contribution in [0.5, 0.6) is 0 Å². The minimum atomic E-state index is 0. The van der Waals surface area contributed by atoms with Crippen molar-refractivity contribution in [3.05, 3.63) is 0 Å². The summed E-state index contributed by atoms with van der Waals surface area (Å²) in [6, 6.07) is 1.86. The van der Waals surface area contributed by atoms with Crippen LogP contribution in [0.2, 0.25) is 0 Å². The Morgan fingerprint density at radius 2 is 1.87 bits per heavy atom. The van der Waals surface area contributed by atoms with Crippen molar-refractivity contribution < 1.29 is 0 Å². The van der Waals surface area contributed by atoms with Crippen LogP contribution in [-0.4, -0.2) is 74.2 Å². The van der Waals surface area contributed by atoms with Gasteiger partial charge in [0.1, 0.15) is 0 Å². The summed E-state index contributed by atoms with van der Waals surface area (Å²) in [7, 11) is 4.06. The van der Waals surface area contributed by atoms with Crippen molar-refractivity contribution in [3.63, 3.8) is 0 Å². The summed E-state index contributed by atoms with van der Waals surface area (Å²) < 4.78 is 0. The topological polar surface area (TPSA) is 42.9 Å². The molecule has 1 saturated heterocycles. The average molecular weight is 439 g/mol. The number of halogens is 1. The predicted octanol–water partition coefficient (Wildman–Crippen LogP) is 2.37. The molecule has 0 spiro atoms. The number of rotatable bonds is 8. The average Bonchev–Trinajstić information content (AvgIpc) is 2.86. The first-order valence-electron chi connectivity index (χ1n) is 8.86. The second kappa shape index (κ2) is 12.3. The van der Waals surface area contributed by atoms with Crippen LogP contribution < -0.4 is 10.6 Å². The highest BCUT2D eigenvalue weighted by atomic mass is 127. The Balaban J connectivity index is 0.00000484. The zero-order chi connectivity index (χ0) is 16.5. The Morgan fingerprint density at radius 1 is 1.22 bits per heavy atom. The molecule has 5 nitrogen and oxygen atoms in total. The van der Waals surface area contributed by atoms with E-state index in [0.29, 0.717) is 18.1 Å². The molecule has 1 unspecified atom stereocenters. The second-order valence-corrected chi connectivity index (χ2v) is 6.94. The van der Waals surface area contributed by atoms with Gasteiger partial charge in [0.2, 0.25) is 0 Å². The highest BCUT2D eigenvalue weighted by Gasteiger charge is 2.20. The number of likely N-dealkylation sites (tertiary alicyclic amines) is 1. The van der Waals surface area contributed by atoms with Crippen molar-refractivity contribution >= 4 is 29.9 Å². The van der Waals surface area contributed by atoms with E-state index in [1.54, 1.807) is 0 Å². The molecule has 1 heterocycles. The Labute approximate surface area is 160 Å². The van der Waals surface area contributed by atoms with E-state index in [4.69, 9.17) is 0 Å². The smallest absolute Gasteiger partial charge is 0.191 e. The van der Waals surface area contributed by atoms with Gasteiger partial charge in [0.25, 0.3) is 0 Å². The normalized spacial score (nSPS) is 19.5. The van der Waals surface area contributed by atoms with Crippen LogP contribution in [0.1, 0.15) is 47.0 Å². The molecule has 1 atom stereocenters. The highest BCUT2D eigenvalue weighted by molar-refractivity contribution is 14.0. The molecular weight excluding hydrogens is 401 g/mol. The molecule has 0 saturated carbocycles. The molecule has 138 valence electrons. The molecule has 23 heavy (non-hydrogen) atoms. The van der Waals surface area contributed by atoms with E-state index in [0.717, 1.165) is 32.0 Å². The third kappa shape index (κ3) is 8.54. The third-order valence-electron chi connectivity index (χ3n) is 4.61. The molecule has 0 radical (unpaired) electrons. The third-order valence-corrected chi connectivity index (χ3v) is 4.61. The minimum absolute atomic E-state index is 0. The quantitative estimate of drug-likeness (QED) is 0.264. The molecule has 0 aromatic rings. The lowest BCUT2D eigenvalue weighted by Crippen LogP contribution is -2.45. The molecular formula is C17H38IN5. The van der Waals surface area contributed by atoms with Crippen molar-refractivity contribution in [1.82, 2.24) is 20.4 Å². The van der Waals surface area contributed by atoms with Gasteiger partial charge in [-0.25, -0.2) is 0 Å². The van der Waals surface area contributed by atoms with Crippen LogP contribution in [0.4, 0.5) is 0 Å². The highest BCUT2D eigenvalue weighted by Crippen LogP contribution is 2.13. The minimum Gasteiger partial charge on any atom is -0.356 e. The number of nitrogens with one attached hydrogen (secondary N) is 2. The van der Waals surface area contributed by atoms with E-state index in [-0.39, 0.29) is 24.0 Å². The van der Waals surface area contributed by atoms with Crippen molar-refractivity contribution in [2.75, 3.05) is 40.3 Å². The van der Waals surface area contributed by atoms with Crippen LogP contribution in [0.25, 0.3) is 0 Å². The van der Waals surface area contributed by atoms with Crippen LogP contribution in [0.3, 0.4) is 0 Å². The molecule has 1 aliphatic heterocycles. The standard InChI is InChI=1S/C17H37N5.HI/c1-14(2)22(15(3)4)12-8-10-19-17(18-5)20-13-16-9-7-11-21(16)6;/h14-16H,7-13H2,1-6H3,(H2,18,19,20);1H. The first kappa shape index (κ1) is 22.9. The van der Waals surface area contributed by atoms with Gasteiger partial charge in [0, 0.05) is 44.8 Å². The van der Waals surface area contributed by atoms with Crippen LogP contribution in [0, 0.1) is 0 Å². The first-order valence-corrected chi connectivity index (χ1v) is 8.86. The predicted molar refractivity (Wildman–Crippen MR) is 112 cm³/mol. The molecule has 1 aliphatic rings. The molecule has 0 aliphatic carbocycles. The van der Waals surface area contributed by atoms with Gasteiger partial charge in [-0.15, -0.1) is 24.0 Å². The Bertz CT molecular complexity index is 325. The van der Waals surface area contributed by atoms with Gasteiger partial charge in [-0.1, -0.05) is 0 Å². The van der Waals surface area contributed by atoms with Crippen molar-refractivity contribution in [2.24, 2.45) is 4.99 Å². The van der Waals surface area contributed by atoms with Crippen LogP contribution >= 0.6 is 24.0 Å². The van der Waals surface area contributed by atoms with E-state index in [9.17, 15) is 0 Å². The molecule has 0 aromatic heterocycles. The first-order chi connectivity index (χ1) is 10.5. The monoisotopic (exact) mass is 439 g/mol. The van der Waals surface area contributed by atoms with Gasteiger partial charge in [-0.2, -0.15) is 0 Å². The molecule has 6 heteroatoms. The fourth-order valence-corrected chi connectivity index (χ4v) is 3.25. The summed E-state index contributed by atoms with van der Waals surface area (Å²) in [4.78, 5) is 9.29. The van der Waals surface area contributed by atoms with E-state index < -0.39 is 0 Å². The van der Waals surface area contributed by atoms with E-state index in [1.165, 1.54) is 19.4 Å².